The number of aromatic amines is 1. The maximum Gasteiger partial charge on any atom is 0.257 e. The van der Waals surface area contributed by atoms with Crippen LogP contribution in [0.25, 0.3) is 0 Å². The van der Waals surface area contributed by atoms with E-state index < -0.39 is 0 Å². The molecular weight excluding hydrogens is 436 g/mol. The highest BCUT2D eigenvalue weighted by Crippen LogP contribution is 2.26. The second-order valence-electron chi connectivity index (χ2n) is 11.7. The van der Waals surface area contributed by atoms with E-state index in [1.54, 1.807) is 0 Å². The Hall–Kier alpha value is -0.790. The minimum absolute atomic E-state index is 0.730. The van der Waals surface area contributed by atoms with Crippen LogP contribution >= 0.6 is 0 Å². The van der Waals surface area contributed by atoms with Crippen molar-refractivity contribution >= 4 is 0 Å². The molecule has 1 rings (SSSR count). The van der Waals surface area contributed by atoms with Gasteiger partial charge >= 0.3 is 0 Å². The lowest BCUT2D eigenvalue weighted by atomic mass is 9.93. The molecule has 0 aliphatic carbocycles. The van der Waals surface area contributed by atoms with Crippen molar-refractivity contribution < 1.29 is 4.57 Å². The van der Waals surface area contributed by atoms with Crippen LogP contribution in [-0.2, 0) is 6.54 Å². The number of hydrogen-bond donors (Lipinski definition) is 1. The maximum atomic E-state index is 3.63. The van der Waals surface area contributed by atoms with Crippen molar-refractivity contribution in [2.45, 2.75) is 200 Å². The van der Waals surface area contributed by atoms with Crippen molar-refractivity contribution in [2.24, 2.45) is 0 Å². The van der Waals surface area contributed by atoms with Crippen molar-refractivity contribution in [1.82, 2.24) is 4.98 Å². The third kappa shape index (κ3) is 18.5. The molecule has 0 fully saturated rings. The largest absolute Gasteiger partial charge is 0.257 e. The van der Waals surface area contributed by atoms with Crippen LogP contribution in [0.2, 0.25) is 0 Å². The molecule has 1 atom stereocenters. The van der Waals surface area contributed by atoms with E-state index in [2.05, 4.69) is 42.7 Å². The molecule has 1 heterocycles. The van der Waals surface area contributed by atoms with Crippen LogP contribution in [0, 0.1) is 0 Å². The zero-order valence-corrected chi connectivity index (χ0v) is 25.3. The molecule has 0 amide bonds. The summed E-state index contributed by atoms with van der Waals surface area (Å²) in [6, 6.07) is 0. The molecule has 0 bridgehead atoms. The Morgan fingerprint density at radius 2 is 0.861 bits per heavy atom. The predicted molar refractivity (Wildman–Crippen MR) is 161 cm³/mol. The highest BCUT2D eigenvalue weighted by atomic mass is 15.1. The summed E-state index contributed by atoms with van der Waals surface area (Å²) in [5.74, 6) is 2.23. The molecule has 0 unspecified atom stereocenters. The van der Waals surface area contributed by atoms with Gasteiger partial charge in [0, 0.05) is 0 Å². The number of aryl methyl sites for hydroxylation is 1. The fourth-order valence-corrected chi connectivity index (χ4v) is 5.87. The van der Waals surface area contributed by atoms with Gasteiger partial charge in [0.2, 0.25) is 0 Å². The van der Waals surface area contributed by atoms with Gasteiger partial charge in [-0.15, -0.1) is 0 Å². The van der Waals surface area contributed by atoms with Gasteiger partial charge in [-0.3, -0.25) is 0 Å². The summed E-state index contributed by atoms with van der Waals surface area (Å²) in [6.07, 6.45) is 41.6. The maximum absolute atomic E-state index is 3.63. The summed E-state index contributed by atoms with van der Waals surface area (Å²) in [5.41, 5.74) is 0. The standard InChI is InChI=1S/C34H66N2/c1-4-7-9-11-13-14-15-16-17-18-19-20-21-23-25-27-29-33(28-26-24-22-12-10-8-5-2)34-35-30-32-36(34)31-6-3/h30,32-33H,4-29,31H2,1-3H3/p+1/t33-/m0/s1. The van der Waals surface area contributed by atoms with E-state index >= 15 is 0 Å². The Kier molecular flexibility index (Phi) is 23.9. The van der Waals surface area contributed by atoms with Crippen LogP contribution < -0.4 is 4.57 Å². The molecular formula is C34H67N2+. The number of H-pyrrole nitrogens is 1. The fraction of sp³-hybridized carbons (Fsp3) is 0.912. The Bertz CT molecular complexity index is 549. The number of rotatable bonds is 28. The van der Waals surface area contributed by atoms with Crippen LogP contribution in [0.3, 0.4) is 0 Å². The average molecular weight is 504 g/mol. The summed E-state index contributed by atoms with van der Waals surface area (Å²) in [7, 11) is 0. The van der Waals surface area contributed by atoms with Crippen molar-refractivity contribution in [3.63, 3.8) is 0 Å². The molecule has 0 spiro atoms. The predicted octanol–water partition coefficient (Wildman–Crippen LogP) is 11.6. The molecule has 0 saturated heterocycles. The monoisotopic (exact) mass is 504 g/mol. The SMILES string of the molecule is CCCCCCCCCCCCCCCCCC[C@H](CCCCCCCCC)c1[nH]cc[n+]1CCC. The van der Waals surface area contributed by atoms with Gasteiger partial charge in [0.1, 0.15) is 12.4 Å². The van der Waals surface area contributed by atoms with Gasteiger partial charge in [0.05, 0.1) is 12.5 Å². The van der Waals surface area contributed by atoms with E-state index in [0.717, 1.165) is 12.5 Å². The van der Waals surface area contributed by atoms with E-state index in [9.17, 15) is 0 Å². The van der Waals surface area contributed by atoms with Gasteiger partial charge in [-0.1, -0.05) is 168 Å². The lowest BCUT2D eigenvalue weighted by Gasteiger charge is -2.14. The van der Waals surface area contributed by atoms with Crippen LogP contribution in [0.15, 0.2) is 12.4 Å². The molecule has 36 heavy (non-hydrogen) atoms. The molecule has 0 aromatic carbocycles. The van der Waals surface area contributed by atoms with Gasteiger partial charge in [-0.05, 0) is 19.3 Å². The van der Waals surface area contributed by atoms with Crippen molar-refractivity contribution in [2.75, 3.05) is 0 Å². The van der Waals surface area contributed by atoms with Crippen LogP contribution in [0.1, 0.15) is 199 Å². The molecule has 0 radical (unpaired) electrons. The minimum atomic E-state index is 0.730. The molecule has 1 aromatic heterocycles. The van der Waals surface area contributed by atoms with Crippen LogP contribution in [-0.4, -0.2) is 4.98 Å². The zero-order chi connectivity index (χ0) is 25.9. The highest BCUT2D eigenvalue weighted by Gasteiger charge is 2.22. The third-order valence-corrected chi connectivity index (χ3v) is 8.21. The first kappa shape index (κ1) is 33.2. The number of hydrogen-bond acceptors (Lipinski definition) is 0. The van der Waals surface area contributed by atoms with Gasteiger partial charge < -0.3 is 0 Å². The minimum Gasteiger partial charge on any atom is -0.247 e. The van der Waals surface area contributed by atoms with E-state index in [-0.39, 0.29) is 0 Å². The first-order valence-electron chi connectivity index (χ1n) is 16.9. The molecule has 2 nitrogen and oxygen atoms in total. The normalized spacial score (nSPS) is 12.4. The van der Waals surface area contributed by atoms with Crippen molar-refractivity contribution in [1.29, 1.82) is 0 Å². The second-order valence-corrected chi connectivity index (χ2v) is 11.7. The number of imidazole rings is 1. The first-order chi connectivity index (χ1) is 17.8. The Labute approximate surface area is 227 Å². The van der Waals surface area contributed by atoms with Crippen LogP contribution in [0.5, 0.6) is 0 Å². The quantitative estimate of drug-likeness (QED) is 0.0866. The molecule has 0 aliphatic rings. The smallest absolute Gasteiger partial charge is 0.247 e. The molecule has 1 N–H and O–H groups in total. The average Bonchev–Trinajstić information content (AvgIpc) is 3.35. The van der Waals surface area contributed by atoms with E-state index in [0.29, 0.717) is 0 Å². The third-order valence-electron chi connectivity index (χ3n) is 8.21. The van der Waals surface area contributed by atoms with Gasteiger partial charge in [-0.2, -0.15) is 0 Å². The molecule has 0 aliphatic heterocycles. The first-order valence-corrected chi connectivity index (χ1v) is 16.9. The van der Waals surface area contributed by atoms with Gasteiger partial charge in [-0.25, -0.2) is 9.55 Å². The molecule has 212 valence electrons. The second kappa shape index (κ2) is 25.8. The van der Waals surface area contributed by atoms with Crippen LogP contribution in [0.4, 0.5) is 0 Å². The van der Waals surface area contributed by atoms with E-state index in [1.165, 1.54) is 173 Å². The number of aromatic nitrogens is 2. The van der Waals surface area contributed by atoms with Gasteiger partial charge in [0.15, 0.2) is 0 Å². The Morgan fingerprint density at radius 1 is 0.500 bits per heavy atom. The van der Waals surface area contributed by atoms with Crippen molar-refractivity contribution in [3.05, 3.63) is 18.2 Å². The molecule has 2 heteroatoms. The molecule has 0 saturated carbocycles. The molecule has 1 aromatic rings. The fourth-order valence-electron chi connectivity index (χ4n) is 5.87. The summed E-state index contributed by atoms with van der Waals surface area (Å²) >= 11 is 0. The van der Waals surface area contributed by atoms with Gasteiger partial charge in [0.25, 0.3) is 5.82 Å². The van der Waals surface area contributed by atoms with Crippen molar-refractivity contribution in [3.8, 4) is 0 Å². The Balaban J connectivity index is 2.10. The summed E-state index contributed by atoms with van der Waals surface area (Å²) < 4.78 is 2.50. The number of nitrogens with zero attached hydrogens (tertiary/aromatic N) is 1. The van der Waals surface area contributed by atoms with E-state index in [1.807, 2.05) is 0 Å². The number of nitrogens with one attached hydrogen (secondary N) is 1. The highest BCUT2D eigenvalue weighted by molar-refractivity contribution is 4.90. The summed E-state index contributed by atoms with van der Waals surface area (Å²) in [6.45, 7) is 8.07. The summed E-state index contributed by atoms with van der Waals surface area (Å²) in [4.78, 5) is 3.63. The van der Waals surface area contributed by atoms with E-state index in [4.69, 9.17) is 0 Å². The number of unbranched alkanes of at least 4 members (excludes halogenated alkanes) is 21. The topological polar surface area (TPSA) is 19.7 Å². The lowest BCUT2D eigenvalue weighted by Crippen LogP contribution is -2.37. The Morgan fingerprint density at radius 3 is 1.22 bits per heavy atom. The summed E-state index contributed by atoms with van der Waals surface area (Å²) in [5, 5.41) is 0. The lowest BCUT2D eigenvalue weighted by molar-refractivity contribution is -0.704. The zero-order valence-electron chi connectivity index (χ0n) is 25.3.